The number of carbonyl (C=O) groups is 2. The van der Waals surface area contributed by atoms with Crippen molar-refractivity contribution in [2.24, 2.45) is 10.8 Å². The molecule has 0 radical (unpaired) electrons. The Kier molecular flexibility index (Phi) is 6.63. The summed E-state index contributed by atoms with van der Waals surface area (Å²) in [6.45, 7) is 1.19. The van der Waals surface area contributed by atoms with Crippen LogP contribution in [0.1, 0.15) is 20.8 Å². The summed E-state index contributed by atoms with van der Waals surface area (Å²) in [6, 6.07) is 4.39. The first-order chi connectivity index (χ1) is 14.6. The van der Waals surface area contributed by atoms with Crippen LogP contribution < -0.4 is 16.1 Å². The molecule has 1 aromatic heterocycles. The molecule has 1 aliphatic heterocycles. The number of nitrogens with two attached hydrogens (primary N) is 1. The van der Waals surface area contributed by atoms with Crippen molar-refractivity contribution in [2.45, 2.75) is 6.18 Å². The van der Waals surface area contributed by atoms with Crippen LogP contribution >= 0.6 is 11.3 Å². The standard InChI is InChI=1S/C18H19F3N6O3S/c19-18(20,21)12-3-1-2-11(8-12)16(30)26-4-6-27(7-5-26)17-23-9-13(31-17)15(22)25-24-10-14(28)29/h1-3,8-9,24H,4-7,10H2,(H2,22,25)(H,28,29). The number of carboxylic acids is 1. The van der Waals surface area contributed by atoms with Crippen LogP contribution in [0.5, 0.6) is 0 Å². The summed E-state index contributed by atoms with van der Waals surface area (Å²) in [7, 11) is 0. The molecule has 4 N–H and O–H groups in total. The summed E-state index contributed by atoms with van der Waals surface area (Å²) >= 11 is 1.26. The van der Waals surface area contributed by atoms with Crippen LogP contribution in [0.3, 0.4) is 0 Å². The van der Waals surface area contributed by atoms with Gasteiger partial charge in [0.25, 0.3) is 5.91 Å². The molecule has 0 saturated carbocycles. The van der Waals surface area contributed by atoms with E-state index >= 15 is 0 Å². The van der Waals surface area contributed by atoms with Crippen molar-refractivity contribution < 1.29 is 27.9 Å². The minimum Gasteiger partial charge on any atom is -0.480 e. The van der Waals surface area contributed by atoms with Crippen LogP contribution in [0, 0.1) is 0 Å². The number of piperazine rings is 1. The molecule has 0 atom stereocenters. The van der Waals surface area contributed by atoms with E-state index in [0.29, 0.717) is 36.2 Å². The number of hydrogen-bond donors (Lipinski definition) is 3. The maximum Gasteiger partial charge on any atom is 0.416 e. The predicted molar refractivity (Wildman–Crippen MR) is 108 cm³/mol. The summed E-state index contributed by atoms with van der Waals surface area (Å²) in [5.74, 6) is -1.42. The van der Waals surface area contributed by atoms with Crippen molar-refractivity contribution >= 4 is 34.2 Å². The van der Waals surface area contributed by atoms with Crippen LogP contribution in [-0.4, -0.2) is 65.4 Å². The van der Waals surface area contributed by atoms with Gasteiger partial charge in [-0.2, -0.15) is 18.3 Å². The zero-order valence-corrected chi connectivity index (χ0v) is 16.9. The predicted octanol–water partition coefficient (Wildman–Crippen LogP) is 1.42. The Balaban J connectivity index is 1.59. The highest BCUT2D eigenvalue weighted by Crippen LogP contribution is 2.30. The molecule has 2 heterocycles. The van der Waals surface area contributed by atoms with E-state index in [1.54, 1.807) is 0 Å². The molecule has 166 valence electrons. The molecular formula is C18H19F3N6O3S. The molecule has 31 heavy (non-hydrogen) atoms. The number of thiazole rings is 1. The summed E-state index contributed by atoms with van der Waals surface area (Å²) in [5.41, 5.74) is 7.28. The number of amidine groups is 1. The minimum atomic E-state index is -4.51. The van der Waals surface area contributed by atoms with E-state index in [1.807, 2.05) is 4.90 Å². The molecule has 13 heteroatoms. The van der Waals surface area contributed by atoms with Gasteiger partial charge >= 0.3 is 12.1 Å². The first kappa shape index (κ1) is 22.3. The fourth-order valence-electron chi connectivity index (χ4n) is 2.89. The number of hydrazone groups is 1. The second-order valence-corrected chi connectivity index (χ2v) is 7.60. The lowest BCUT2D eigenvalue weighted by molar-refractivity contribution is -0.138. The summed E-state index contributed by atoms with van der Waals surface area (Å²) < 4.78 is 38.7. The van der Waals surface area contributed by atoms with Crippen LogP contribution in [0.4, 0.5) is 18.3 Å². The molecule has 2 aromatic rings. The number of halogens is 3. The van der Waals surface area contributed by atoms with Gasteiger partial charge in [0.05, 0.1) is 16.6 Å². The first-order valence-electron chi connectivity index (χ1n) is 9.10. The van der Waals surface area contributed by atoms with Crippen molar-refractivity contribution in [3.8, 4) is 0 Å². The topological polar surface area (TPSA) is 124 Å². The van der Waals surface area contributed by atoms with E-state index in [2.05, 4.69) is 15.5 Å². The minimum absolute atomic E-state index is 0.00217. The second-order valence-electron chi connectivity index (χ2n) is 6.59. The lowest BCUT2D eigenvalue weighted by atomic mass is 10.1. The number of nitrogens with zero attached hydrogens (tertiary/aromatic N) is 4. The number of alkyl halides is 3. The van der Waals surface area contributed by atoms with Crippen molar-refractivity contribution in [1.82, 2.24) is 15.3 Å². The second kappa shape index (κ2) is 9.20. The molecule has 3 rings (SSSR count). The first-order valence-corrected chi connectivity index (χ1v) is 9.92. The lowest BCUT2D eigenvalue weighted by Gasteiger charge is -2.34. The number of rotatable bonds is 6. The average Bonchev–Trinajstić information content (AvgIpc) is 3.23. The van der Waals surface area contributed by atoms with Gasteiger partial charge in [-0.3, -0.25) is 15.0 Å². The van der Waals surface area contributed by atoms with E-state index < -0.39 is 23.6 Å². The van der Waals surface area contributed by atoms with Gasteiger partial charge in [-0.05, 0) is 18.2 Å². The fraction of sp³-hybridized carbons (Fsp3) is 0.333. The number of benzene rings is 1. The van der Waals surface area contributed by atoms with Crippen molar-refractivity contribution in [2.75, 3.05) is 37.6 Å². The number of aliphatic carboxylic acids is 1. The Hall–Kier alpha value is -3.35. The van der Waals surface area contributed by atoms with E-state index in [9.17, 15) is 22.8 Å². The number of nitrogens with one attached hydrogen (secondary N) is 1. The number of aromatic nitrogens is 1. The monoisotopic (exact) mass is 456 g/mol. The molecule has 0 aliphatic carbocycles. The highest BCUT2D eigenvalue weighted by atomic mass is 32.1. The molecule has 9 nitrogen and oxygen atoms in total. The molecule has 1 fully saturated rings. The van der Waals surface area contributed by atoms with Crippen molar-refractivity contribution in [3.63, 3.8) is 0 Å². The third-order valence-electron chi connectivity index (χ3n) is 4.45. The Morgan fingerprint density at radius 3 is 2.61 bits per heavy atom. The van der Waals surface area contributed by atoms with Crippen molar-refractivity contribution in [1.29, 1.82) is 0 Å². The average molecular weight is 456 g/mol. The van der Waals surface area contributed by atoms with Crippen LogP contribution in [0.25, 0.3) is 0 Å². The molecule has 0 unspecified atom stereocenters. The number of hydrogen-bond acceptors (Lipinski definition) is 7. The third-order valence-corrected chi connectivity index (χ3v) is 5.53. The van der Waals surface area contributed by atoms with Crippen LogP contribution in [-0.2, 0) is 11.0 Å². The van der Waals surface area contributed by atoms with Gasteiger partial charge in [-0.15, -0.1) is 0 Å². The van der Waals surface area contributed by atoms with Gasteiger partial charge in [-0.25, -0.2) is 4.98 Å². The Labute approximate surface area is 179 Å². The van der Waals surface area contributed by atoms with Gasteiger partial charge in [0, 0.05) is 31.7 Å². The molecular weight excluding hydrogens is 437 g/mol. The van der Waals surface area contributed by atoms with Gasteiger partial charge in [0.1, 0.15) is 6.54 Å². The summed E-state index contributed by atoms with van der Waals surface area (Å²) in [6.07, 6.45) is -2.99. The molecule has 1 aromatic carbocycles. The third kappa shape index (κ3) is 5.63. The molecule has 0 bridgehead atoms. The van der Waals surface area contributed by atoms with E-state index in [4.69, 9.17) is 10.8 Å². The molecule has 1 saturated heterocycles. The molecule has 1 amide bonds. The van der Waals surface area contributed by atoms with Crippen molar-refractivity contribution in [3.05, 3.63) is 46.5 Å². The summed E-state index contributed by atoms with van der Waals surface area (Å²) in [4.78, 5) is 31.4. The quantitative estimate of drug-likeness (QED) is 0.341. The Morgan fingerprint density at radius 2 is 1.97 bits per heavy atom. The Bertz CT molecular complexity index is 986. The normalized spacial score (nSPS) is 15.1. The smallest absolute Gasteiger partial charge is 0.416 e. The lowest BCUT2D eigenvalue weighted by Crippen LogP contribution is -2.48. The van der Waals surface area contributed by atoms with Gasteiger partial charge in [0.15, 0.2) is 11.0 Å². The molecule has 1 aliphatic rings. The number of carboxylic acid groups (broad SMARTS) is 1. The van der Waals surface area contributed by atoms with Gasteiger partial charge < -0.3 is 20.6 Å². The number of amides is 1. The number of carbonyl (C=O) groups excluding carboxylic acids is 1. The van der Waals surface area contributed by atoms with Gasteiger partial charge in [0.2, 0.25) is 0 Å². The SMILES string of the molecule is N/C(=N\NCC(=O)O)c1cnc(N2CCN(C(=O)c3cccc(C(F)(F)F)c3)CC2)s1. The van der Waals surface area contributed by atoms with E-state index in [0.717, 1.165) is 12.1 Å². The highest BCUT2D eigenvalue weighted by molar-refractivity contribution is 7.17. The summed E-state index contributed by atoms with van der Waals surface area (Å²) in [5, 5.41) is 13.0. The zero-order valence-electron chi connectivity index (χ0n) is 16.1. The Morgan fingerprint density at radius 1 is 1.26 bits per heavy atom. The maximum absolute atomic E-state index is 12.9. The van der Waals surface area contributed by atoms with Gasteiger partial charge in [-0.1, -0.05) is 17.4 Å². The highest BCUT2D eigenvalue weighted by Gasteiger charge is 2.32. The van der Waals surface area contributed by atoms with E-state index in [1.165, 1.54) is 34.6 Å². The van der Waals surface area contributed by atoms with E-state index in [-0.39, 0.29) is 17.9 Å². The molecule has 0 spiro atoms. The fourth-order valence-corrected chi connectivity index (χ4v) is 3.76. The van der Waals surface area contributed by atoms with Crippen LogP contribution in [0.15, 0.2) is 35.6 Å². The maximum atomic E-state index is 12.9. The largest absolute Gasteiger partial charge is 0.480 e. The zero-order chi connectivity index (χ0) is 22.6. The number of anilines is 1. The van der Waals surface area contributed by atoms with Crippen LogP contribution in [0.2, 0.25) is 0 Å².